The third-order valence-corrected chi connectivity index (χ3v) is 3.18. The summed E-state index contributed by atoms with van der Waals surface area (Å²) in [4.78, 5) is 11.3. The highest BCUT2D eigenvalue weighted by Crippen LogP contribution is 2.17. The van der Waals surface area contributed by atoms with Gasteiger partial charge in [0.2, 0.25) is 0 Å². The van der Waals surface area contributed by atoms with Crippen molar-refractivity contribution in [3.63, 3.8) is 0 Å². The smallest absolute Gasteiger partial charge is 0.323 e. The Kier molecular flexibility index (Phi) is 5.57. The number of nitrogens with one attached hydrogen (secondary N) is 1. The van der Waals surface area contributed by atoms with Crippen LogP contribution in [0.4, 0.5) is 0 Å². The number of carboxylic acid groups (broad SMARTS) is 1. The van der Waals surface area contributed by atoms with Crippen LogP contribution in [0.25, 0.3) is 0 Å². The van der Waals surface area contributed by atoms with Crippen LogP contribution >= 0.6 is 0 Å². The third-order valence-electron chi connectivity index (χ3n) is 3.18. The molecule has 19 heavy (non-hydrogen) atoms. The summed E-state index contributed by atoms with van der Waals surface area (Å²) in [6.45, 7) is 5.77. The topological polar surface area (TPSA) is 58.6 Å². The summed E-state index contributed by atoms with van der Waals surface area (Å²) in [7, 11) is 1.62. The van der Waals surface area contributed by atoms with Gasteiger partial charge in [-0.3, -0.25) is 10.1 Å². The zero-order chi connectivity index (χ0) is 14.3. The van der Waals surface area contributed by atoms with Crippen molar-refractivity contribution < 1.29 is 14.6 Å². The van der Waals surface area contributed by atoms with E-state index >= 15 is 0 Å². The molecule has 0 aromatic heterocycles. The summed E-state index contributed by atoms with van der Waals surface area (Å²) in [5.41, 5.74) is 0.155. The van der Waals surface area contributed by atoms with Crippen molar-refractivity contribution in [2.45, 2.75) is 25.3 Å². The number of aryl methyl sites for hydroxylation is 1. The van der Waals surface area contributed by atoms with Crippen molar-refractivity contribution in [3.8, 4) is 5.75 Å². The van der Waals surface area contributed by atoms with E-state index in [2.05, 4.69) is 11.9 Å². The van der Waals surface area contributed by atoms with Crippen LogP contribution in [-0.4, -0.2) is 30.3 Å². The normalized spacial score (nSPS) is 13.6. The molecule has 0 aliphatic carbocycles. The molecule has 1 aromatic carbocycles. The van der Waals surface area contributed by atoms with Gasteiger partial charge in [0.05, 0.1) is 7.11 Å². The van der Waals surface area contributed by atoms with Crippen molar-refractivity contribution in [1.82, 2.24) is 5.32 Å². The highest BCUT2D eigenvalue weighted by molar-refractivity contribution is 5.78. The van der Waals surface area contributed by atoms with Gasteiger partial charge in [0.15, 0.2) is 0 Å². The maximum absolute atomic E-state index is 11.3. The van der Waals surface area contributed by atoms with E-state index in [-0.39, 0.29) is 0 Å². The third kappa shape index (κ3) is 4.41. The van der Waals surface area contributed by atoms with Crippen LogP contribution < -0.4 is 10.1 Å². The Hall–Kier alpha value is -1.81. The molecular weight excluding hydrogens is 242 g/mol. The predicted molar refractivity (Wildman–Crippen MR) is 75.6 cm³/mol. The molecule has 0 amide bonds. The Bertz CT molecular complexity index is 428. The summed E-state index contributed by atoms with van der Waals surface area (Å²) in [6, 6.07) is 7.67. The van der Waals surface area contributed by atoms with Gasteiger partial charge >= 0.3 is 5.97 Å². The standard InChI is InChI=1S/C15H21NO3/c1-4-11-16-15(2,14(17)18)10-9-12-5-7-13(19-3)8-6-12/h4-8,16H,1,9-11H2,2-3H3,(H,17,18). The summed E-state index contributed by atoms with van der Waals surface area (Å²) in [5, 5.41) is 12.3. The van der Waals surface area contributed by atoms with Crippen molar-refractivity contribution in [2.24, 2.45) is 0 Å². The molecule has 4 heteroatoms. The summed E-state index contributed by atoms with van der Waals surface area (Å²) in [6.07, 6.45) is 2.87. The van der Waals surface area contributed by atoms with E-state index in [1.165, 1.54) is 0 Å². The number of hydrogen-bond donors (Lipinski definition) is 2. The lowest BCUT2D eigenvalue weighted by molar-refractivity contribution is -0.144. The Morgan fingerprint density at radius 1 is 1.47 bits per heavy atom. The Morgan fingerprint density at radius 2 is 2.11 bits per heavy atom. The van der Waals surface area contributed by atoms with Gasteiger partial charge in [0.1, 0.15) is 11.3 Å². The minimum atomic E-state index is -0.936. The first kappa shape index (κ1) is 15.2. The van der Waals surface area contributed by atoms with Gasteiger partial charge < -0.3 is 9.84 Å². The van der Waals surface area contributed by atoms with Gasteiger partial charge in [-0.05, 0) is 37.5 Å². The van der Waals surface area contributed by atoms with Gasteiger partial charge in [-0.1, -0.05) is 18.2 Å². The zero-order valence-corrected chi connectivity index (χ0v) is 11.5. The van der Waals surface area contributed by atoms with E-state index in [1.807, 2.05) is 24.3 Å². The lowest BCUT2D eigenvalue weighted by atomic mass is 9.93. The van der Waals surface area contributed by atoms with Crippen molar-refractivity contribution in [1.29, 1.82) is 0 Å². The first-order valence-corrected chi connectivity index (χ1v) is 6.24. The Balaban J connectivity index is 2.64. The van der Waals surface area contributed by atoms with Crippen LogP contribution in [0.3, 0.4) is 0 Å². The van der Waals surface area contributed by atoms with E-state index < -0.39 is 11.5 Å². The number of rotatable bonds is 8. The van der Waals surface area contributed by atoms with E-state index in [4.69, 9.17) is 4.74 Å². The molecule has 0 spiro atoms. The second-order valence-corrected chi connectivity index (χ2v) is 4.65. The van der Waals surface area contributed by atoms with Crippen LogP contribution in [0, 0.1) is 0 Å². The van der Waals surface area contributed by atoms with E-state index in [9.17, 15) is 9.90 Å². The molecule has 0 fully saturated rings. The predicted octanol–water partition coefficient (Wildman–Crippen LogP) is 2.25. The molecule has 1 unspecified atom stereocenters. The molecule has 0 heterocycles. The molecule has 0 aliphatic heterocycles. The second-order valence-electron chi connectivity index (χ2n) is 4.65. The lowest BCUT2D eigenvalue weighted by Crippen LogP contribution is -2.49. The summed E-state index contributed by atoms with van der Waals surface area (Å²) < 4.78 is 5.09. The molecule has 4 nitrogen and oxygen atoms in total. The number of carbonyl (C=O) groups is 1. The first-order chi connectivity index (χ1) is 9.01. The monoisotopic (exact) mass is 263 g/mol. The minimum absolute atomic E-state index is 0.478. The number of benzene rings is 1. The highest BCUT2D eigenvalue weighted by atomic mass is 16.5. The molecule has 0 saturated carbocycles. The maximum Gasteiger partial charge on any atom is 0.323 e. The average molecular weight is 263 g/mol. The molecule has 1 aromatic rings. The van der Waals surface area contributed by atoms with Crippen molar-refractivity contribution in [3.05, 3.63) is 42.5 Å². The fourth-order valence-corrected chi connectivity index (χ4v) is 1.75. The average Bonchev–Trinajstić information content (AvgIpc) is 2.43. The molecule has 2 N–H and O–H groups in total. The second kappa shape index (κ2) is 6.95. The fourth-order valence-electron chi connectivity index (χ4n) is 1.75. The van der Waals surface area contributed by atoms with Crippen LogP contribution in [0.2, 0.25) is 0 Å². The molecular formula is C15H21NO3. The van der Waals surface area contributed by atoms with Gasteiger partial charge in [-0.2, -0.15) is 0 Å². The van der Waals surface area contributed by atoms with Gasteiger partial charge in [-0.25, -0.2) is 0 Å². The number of aliphatic carboxylic acids is 1. The van der Waals surface area contributed by atoms with Crippen LogP contribution in [-0.2, 0) is 11.2 Å². The number of methoxy groups -OCH3 is 1. The molecule has 0 aliphatic rings. The molecule has 0 bridgehead atoms. The largest absolute Gasteiger partial charge is 0.497 e. The molecule has 0 radical (unpaired) electrons. The molecule has 0 saturated heterocycles. The van der Waals surface area contributed by atoms with Crippen LogP contribution in [0.15, 0.2) is 36.9 Å². The van der Waals surface area contributed by atoms with Crippen molar-refractivity contribution in [2.75, 3.05) is 13.7 Å². The van der Waals surface area contributed by atoms with Gasteiger partial charge in [-0.15, -0.1) is 6.58 Å². The van der Waals surface area contributed by atoms with Crippen molar-refractivity contribution >= 4 is 5.97 Å². The SMILES string of the molecule is C=CCNC(C)(CCc1ccc(OC)cc1)C(=O)O. The summed E-state index contributed by atoms with van der Waals surface area (Å²) >= 11 is 0. The van der Waals surface area contributed by atoms with Gasteiger partial charge in [0, 0.05) is 6.54 Å². The quantitative estimate of drug-likeness (QED) is 0.706. The van der Waals surface area contributed by atoms with Crippen LogP contribution in [0.1, 0.15) is 18.9 Å². The Morgan fingerprint density at radius 3 is 2.58 bits per heavy atom. The van der Waals surface area contributed by atoms with Gasteiger partial charge in [0.25, 0.3) is 0 Å². The molecule has 104 valence electrons. The van der Waals surface area contributed by atoms with E-state index in [1.54, 1.807) is 20.1 Å². The van der Waals surface area contributed by atoms with Crippen LogP contribution in [0.5, 0.6) is 5.75 Å². The highest BCUT2D eigenvalue weighted by Gasteiger charge is 2.31. The zero-order valence-electron chi connectivity index (χ0n) is 11.5. The molecule has 1 atom stereocenters. The maximum atomic E-state index is 11.3. The number of carboxylic acids is 1. The Labute approximate surface area is 114 Å². The van der Waals surface area contributed by atoms with E-state index in [0.717, 1.165) is 11.3 Å². The van der Waals surface area contributed by atoms with E-state index in [0.29, 0.717) is 19.4 Å². The lowest BCUT2D eigenvalue weighted by Gasteiger charge is -2.25. The first-order valence-electron chi connectivity index (χ1n) is 6.24. The molecule has 1 rings (SSSR count). The number of ether oxygens (including phenoxy) is 1. The fraction of sp³-hybridized carbons (Fsp3) is 0.400. The number of hydrogen-bond acceptors (Lipinski definition) is 3. The minimum Gasteiger partial charge on any atom is -0.497 e. The summed E-state index contributed by atoms with van der Waals surface area (Å²) in [5.74, 6) is -0.0441.